The molecule has 0 radical (unpaired) electrons. The van der Waals surface area contributed by atoms with Gasteiger partial charge in [0, 0.05) is 11.6 Å². The van der Waals surface area contributed by atoms with Crippen molar-refractivity contribution in [3.05, 3.63) is 23.8 Å². The second kappa shape index (κ2) is 3.81. The van der Waals surface area contributed by atoms with Gasteiger partial charge in [-0.3, -0.25) is 4.79 Å². The zero-order chi connectivity index (χ0) is 10.8. The summed E-state index contributed by atoms with van der Waals surface area (Å²) in [6, 6.07) is 5.30. The molecule has 0 saturated heterocycles. The maximum absolute atomic E-state index is 11.6. The summed E-state index contributed by atoms with van der Waals surface area (Å²) in [5.41, 5.74) is 0.591. The summed E-state index contributed by atoms with van der Waals surface area (Å²) >= 11 is 0. The Kier molecular flexibility index (Phi) is 2.49. The van der Waals surface area contributed by atoms with Gasteiger partial charge in [0.05, 0.1) is 0 Å². The van der Waals surface area contributed by atoms with Crippen molar-refractivity contribution >= 4 is 5.91 Å². The van der Waals surface area contributed by atoms with Crippen LogP contribution in [0.2, 0.25) is 0 Å². The van der Waals surface area contributed by atoms with Crippen molar-refractivity contribution < 1.29 is 14.3 Å². The molecule has 0 spiro atoms. The van der Waals surface area contributed by atoms with Crippen LogP contribution in [0.3, 0.4) is 0 Å². The molecule has 0 aromatic heterocycles. The van der Waals surface area contributed by atoms with E-state index in [0.717, 1.165) is 0 Å². The van der Waals surface area contributed by atoms with Crippen LogP contribution in [0.25, 0.3) is 0 Å². The lowest BCUT2D eigenvalue weighted by Gasteiger charge is -2.08. The molecule has 80 valence electrons. The summed E-state index contributed by atoms with van der Waals surface area (Å²) < 4.78 is 10.4. The summed E-state index contributed by atoms with van der Waals surface area (Å²) in [5.74, 6) is 1.23. The summed E-state index contributed by atoms with van der Waals surface area (Å²) in [6.07, 6.45) is 0. The molecule has 0 atom stereocenters. The fourth-order valence-corrected chi connectivity index (χ4v) is 1.38. The van der Waals surface area contributed by atoms with Crippen LogP contribution < -0.4 is 14.8 Å². The molecule has 0 saturated carbocycles. The highest BCUT2D eigenvalue weighted by Gasteiger charge is 2.16. The predicted octanol–water partition coefficient (Wildman–Crippen LogP) is 1.55. The number of benzene rings is 1. The van der Waals surface area contributed by atoms with E-state index < -0.39 is 0 Å². The zero-order valence-corrected chi connectivity index (χ0v) is 8.74. The fourth-order valence-electron chi connectivity index (χ4n) is 1.38. The Morgan fingerprint density at radius 2 is 2.07 bits per heavy atom. The van der Waals surface area contributed by atoms with Crippen molar-refractivity contribution in [2.24, 2.45) is 0 Å². The topological polar surface area (TPSA) is 47.6 Å². The van der Waals surface area contributed by atoms with E-state index in [4.69, 9.17) is 9.47 Å². The molecule has 1 aromatic rings. The Balaban J connectivity index is 2.19. The minimum absolute atomic E-state index is 0.0942. The minimum atomic E-state index is -0.0942. The Morgan fingerprint density at radius 3 is 2.80 bits per heavy atom. The lowest BCUT2D eigenvalue weighted by Crippen LogP contribution is -2.29. The van der Waals surface area contributed by atoms with E-state index in [9.17, 15) is 4.79 Å². The first-order chi connectivity index (χ1) is 7.16. The van der Waals surface area contributed by atoms with Crippen molar-refractivity contribution in [1.82, 2.24) is 5.32 Å². The molecule has 0 bridgehead atoms. The van der Waals surface area contributed by atoms with Gasteiger partial charge in [0.15, 0.2) is 11.5 Å². The van der Waals surface area contributed by atoms with Gasteiger partial charge < -0.3 is 14.8 Å². The van der Waals surface area contributed by atoms with Crippen LogP contribution in [0.4, 0.5) is 0 Å². The Morgan fingerprint density at radius 1 is 1.33 bits per heavy atom. The molecule has 2 rings (SSSR count). The number of rotatable bonds is 2. The monoisotopic (exact) mass is 207 g/mol. The molecule has 0 unspecified atom stereocenters. The zero-order valence-electron chi connectivity index (χ0n) is 8.74. The molecule has 4 nitrogen and oxygen atoms in total. The number of nitrogens with one attached hydrogen (secondary N) is 1. The fraction of sp³-hybridized carbons (Fsp3) is 0.364. The van der Waals surface area contributed by atoms with E-state index in [2.05, 4.69) is 5.32 Å². The molecule has 0 aliphatic carbocycles. The highest BCUT2D eigenvalue weighted by Crippen LogP contribution is 2.32. The van der Waals surface area contributed by atoms with Crippen LogP contribution >= 0.6 is 0 Å². The predicted molar refractivity (Wildman–Crippen MR) is 55.2 cm³/mol. The first-order valence-electron chi connectivity index (χ1n) is 4.87. The molecule has 1 heterocycles. The van der Waals surface area contributed by atoms with Gasteiger partial charge in [0.1, 0.15) is 0 Å². The minimum Gasteiger partial charge on any atom is -0.454 e. The van der Waals surface area contributed by atoms with Crippen molar-refractivity contribution in [3.8, 4) is 11.5 Å². The molecule has 1 aliphatic heterocycles. The Labute approximate surface area is 88.2 Å². The lowest BCUT2D eigenvalue weighted by atomic mass is 10.2. The maximum Gasteiger partial charge on any atom is 0.251 e. The van der Waals surface area contributed by atoms with Crippen LogP contribution in [0, 0.1) is 0 Å². The summed E-state index contributed by atoms with van der Waals surface area (Å²) in [7, 11) is 0. The molecule has 4 heteroatoms. The van der Waals surface area contributed by atoms with Gasteiger partial charge in [0.25, 0.3) is 5.91 Å². The number of hydrogen-bond acceptors (Lipinski definition) is 3. The average Bonchev–Trinajstić information content (AvgIpc) is 2.62. The standard InChI is InChI=1S/C11H13NO3/c1-7(2)12-11(13)8-3-4-9-10(5-8)15-6-14-9/h3-5,7H,6H2,1-2H3,(H,12,13). The van der Waals surface area contributed by atoms with Gasteiger partial charge in [-0.05, 0) is 32.0 Å². The SMILES string of the molecule is CC(C)NC(=O)c1ccc2c(c1)OCO2. The number of fused-ring (bicyclic) bond motifs is 1. The number of carbonyl (C=O) groups is 1. The third kappa shape index (κ3) is 2.03. The highest BCUT2D eigenvalue weighted by molar-refractivity contribution is 5.95. The second-order valence-electron chi connectivity index (χ2n) is 3.70. The highest BCUT2D eigenvalue weighted by atomic mass is 16.7. The van der Waals surface area contributed by atoms with Gasteiger partial charge in [0.2, 0.25) is 6.79 Å². The van der Waals surface area contributed by atoms with Crippen LogP contribution in [-0.4, -0.2) is 18.7 Å². The van der Waals surface area contributed by atoms with E-state index in [-0.39, 0.29) is 18.7 Å². The quantitative estimate of drug-likeness (QED) is 0.800. The third-order valence-corrected chi connectivity index (χ3v) is 2.05. The molecule has 1 aromatic carbocycles. The van der Waals surface area contributed by atoms with Crippen LogP contribution in [0.1, 0.15) is 24.2 Å². The molecular formula is C11H13NO3. The van der Waals surface area contributed by atoms with Gasteiger partial charge in [-0.15, -0.1) is 0 Å². The molecule has 0 fully saturated rings. The normalized spacial score (nSPS) is 13.0. The smallest absolute Gasteiger partial charge is 0.251 e. The van der Waals surface area contributed by atoms with Crippen LogP contribution in [0.5, 0.6) is 11.5 Å². The maximum atomic E-state index is 11.6. The summed E-state index contributed by atoms with van der Waals surface area (Å²) in [4.78, 5) is 11.6. The van der Waals surface area contributed by atoms with E-state index in [1.807, 2.05) is 13.8 Å². The summed E-state index contributed by atoms with van der Waals surface area (Å²) in [5, 5.41) is 2.81. The largest absolute Gasteiger partial charge is 0.454 e. The van der Waals surface area contributed by atoms with E-state index >= 15 is 0 Å². The average molecular weight is 207 g/mol. The van der Waals surface area contributed by atoms with Crippen molar-refractivity contribution in [2.75, 3.05) is 6.79 Å². The molecular weight excluding hydrogens is 194 g/mol. The molecule has 1 N–H and O–H groups in total. The first kappa shape index (κ1) is 9.83. The van der Waals surface area contributed by atoms with Crippen molar-refractivity contribution in [3.63, 3.8) is 0 Å². The number of amides is 1. The van der Waals surface area contributed by atoms with Gasteiger partial charge in [-0.1, -0.05) is 0 Å². The molecule has 1 amide bonds. The van der Waals surface area contributed by atoms with Crippen molar-refractivity contribution in [1.29, 1.82) is 0 Å². The second-order valence-corrected chi connectivity index (χ2v) is 3.70. The van der Waals surface area contributed by atoms with E-state index in [1.165, 1.54) is 0 Å². The number of ether oxygens (including phenoxy) is 2. The van der Waals surface area contributed by atoms with E-state index in [1.54, 1.807) is 18.2 Å². The summed E-state index contributed by atoms with van der Waals surface area (Å²) in [6.45, 7) is 4.07. The van der Waals surface area contributed by atoms with Crippen LogP contribution in [0.15, 0.2) is 18.2 Å². The van der Waals surface area contributed by atoms with Gasteiger partial charge >= 0.3 is 0 Å². The van der Waals surface area contributed by atoms with Crippen molar-refractivity contribution in [2.45, 2.75) is 19.9 Å². The molecule has 15 heavy (non-hydrogen) atoms. The Hall–Kier alpha value is -1.71. The molecule has 1 aliphatic rings. The van der Waals surface area contributed by atoms with E-state index in [0.29, 0.717) is 17.1 Å². The number of hydrogen-bond donors (Lipinski definition) is 1. The number of carbonyl (C=O) groups excluding carboxylic acids is 1. The lowest BCUT2D eigenvalue weighted by molar-refractivity contribution is 0.0942. The Bertz CT molecular complexity index is 387. The van der Waals surface area contributed by atoms with Gasteiger partial charge in [-0.25, -0.2) is 0 Å². The third-order valence-electron chi connectivity index (χ3n) is 2.05. The van der Waals surface area contributed by atoms with Gasteiger partial charge in [-0.2, -0.15) is 0 Å². The van der Waals surface area contributed by atoms with Crippen LogP contribution in [-0.2, 0) is 0 Å². The first-order valence-corrected chi connectivity index (χ1v) is 4.87.